The maximum absolute atomic E-state index is 12.1. The van der Waals surface area contributed by atoms with E-state index in [1.54, 1.807) is 4.68 Å². The van der Waals surface area contributed by atoms with Gasteiger partial charge >= 0.3 is 0 Å². The molecule has 0 aliphatic carbocycles. The smallest absolute Gasteiger partial charge is 0.230 e. The molecule has 0 fully saturated rings. The Labute approximate surface area is 166 Å². The van der Waals surface area contributed by atoms with Gasteiger partial charge in [0.05, 0.1) is 12.3 Å². The van der Waals surface area contributed by atoms with Gasteiger partial charge in [0, 0.05) is 17.1 Å². The van der Waals surface area contributed by atoms with E-state index in [4.69, 9.17) is 16.0 Å². The summed E-state index contributed by atoms with van der Waals surface area (Å²) in [5.41, 5.74) is 0.935. The fraction of sp³-hybridized carbons (Fsp3) is 0.333. The van der Waals surface area contributed by atoms with E-state index in [9.17, 15) is 4.79 Å². The van der Waals surface area contributed by atoms with Crippen molar-refractivity contribution in [3.05, 3.63) is 47.2 Å². The van der Waals surface area contributed by atoms with Crippen LogP contribution in [-0.4, -0.2) is 31.9 Å². The van der Waals surface area contributed by atoms with Crippen LogP contribution in [0.2, 0.25) is 5.02 Å². The second-order valence-corrected chi connectivity index (χ2v) is 7.75. The van der Waals surface area contributed by atoms with Gasteiger partial charge in [-0.1, -0.05) is 37.2 Å². The van der Waals surface area contributed by atoms with Gasteiger partial charge in [-0.05, 0) is 52.7 Å². The van der Waals surface area contributed by atoms with Crippen LogP contribution in [0.25, 0.3) is 11.3 Å². The Kier molecular flexibility index (Phi) is 6.52. The van der Waals surface area contributed by atoms with E-state index in [2.05, 4.69) is 34.7 Å². The molecule has 0 atom stereocenters. The zero-order chi connectivity index (χ0) is 19.2. The Morgan fingerprint density at radius 1 is 1.26 bits per heavy atom. The molecular weight excluding hydrogens is 386 g/mol. The minimum atomic E-state index is -0.108. The predicted octanol–water partition coefficient (Wildman–Crippen LogP) is 3.65. The number of furan rings is 1. The predicted molar refractivity (Wildman–Crippen MR) is 104 cm³/mol. The van der Waals surface area contributed by atoms with Crippen LogP contribution in [0.3, 0.4) is 0 Å². The number of carbonyl (C=O) groups is 1. The topological polar surface area (TPSA) is 85.8 Å². The highest BCUT2D eigenvalue weighted by Gasteiger charge is 2.12. The first kappa shape index (κ1) is 19.4. The molecule has 1 aromatic carbocycles. The number of thioether (sulfide) groups is 1. The SMILES string of the molecule is CC(C)Cn1nnnc1SCC(=O)NCc1ccc(-c2ccc(Cl)cc2)o1. The summed E-state index contributed by atoms with van der Waals surface area (Å²) < 4.78 is 7.49. The summed E-state index contributed by atoms with van der Waals surface area (Å²) in [4.78, 5) is 12.1. The highest BCUT2D eigenvalue weighted by molar-refractivity contribution is 7.99. The Balaban J connectivity index is 1.48. The number of nitrogens with one attached hydrogen (secondary N) is 1. The van der Waals surface area contributed by atoms with Crippen LogP contribution >= 0.6 is 23.4 Å². The number of tetrazole rings is 1. The second kappa shape index (κ2) is 9.05. The Morgan fingerprint density at radius 2 is 2.04 bits per heavy atom. The van der Waals surface area contributed by atoms with Crippen molar-refractivity contribution in [2.24, 2.45) is 5.92 Å². The number of benzene rings is 1. The van der Waals surface area contributed by atoms with Crippen LogP contribution in [0.5, 0.6) is 0 Å². The van der Waals surface area contributed by atoms with Crippen LogP contribution < -0.4 is 5.32 Å². The molecular formula is C18H20ClN5O2S. The van der Waals surface area contributed by atoms with E-state index in [0.717, 1.165) is 17.9 Å². The molecule has 7 nitrogen and oxygen atoms in total. The average molecular weight is 406 g/mol. The molecule has 0 radical (unpaired) electrons. The lowest BCUT2D eigenvalue weighted by atomic mass is 10.2. The third-order valence-electron chi connectivity index (χ3n) is 3.62. The van der Waals surface area contributed by atoms with Crippen molar-refractivity contribution in [2.45, 2.75) is 32.1 Å². The van der Waals surface area contributed by atoms with E-state index in [-0.39, 0.29) is 11.7 Å². The van der Waals surface area contributed by atoms with Crippen LogP contribution in [-0.2, 0) is 17.9 Å². The van der Waals surface area contributed by atoms with Crippen molar-refractivity contribution in [3.8, 4) is 11.3 Å². The molecule has 3 aromatic rings. The molecule has 2 heterocycles. The van der Waals surface area contributed by atoms with Gasteiger partial charge in [0.1, 0.15) is 11.5 Å². The molecule has 27 heavy (non-hydrogen) atoms. The van der Waals surface area contributed by atoms with Crippen LogP contribution in [0.15, 0.2) is 46.0 Å². The molecule has 1 N–H and O–H groups in total. The summed E-state index contributed by atoms with van der Waals surface area (Å²) in [7, 11) is 0. The van der Waals surface area contributed by atoms with Gasteiger partial charge in [0.2, 0.25) is 11.1 Å². The molecule has 0 saturated heterocycles. The van der Waals surface area contributed by atoms with Gasteiger partial charge in [-0.15, -0.1) is 5.10 Å². The number of aromatic nitrogens is 4. The van der Waals surface area contributed by atoms with Gasteiger partial charge in [-0.25, -0.2) is 4.68 Å². The number of hydrogen-bond acceptors (Lipinski definition) is 6. The fourth-order valence-electron chi connectivity index (χ4n) is 2.37. The number of amides is 1. The monoisotopic (exact) mass is 405 g/mol. The van der Waals surface area contributed by atoms with Crippen molar-refractivity contribution < 1.29 is 9.21 Å². The van der Waals surface area contributed by atoms with Gasteiger partial charge in [-0.3, -0.25) is 4.79 Å². The van der Waals surface area contributed by atoms with Gasteiger partial charge < -0.3 is 9.73 Å². The maximum atomic E-state index is 12.1. The summed E-state index contributed by atoms with van der Waals surface area (Å²) >= 11 is 7.21. The standard InChI is InChI=1S/C18H20ClN5O2S/c1-12(2)10-24-18(21-22-23-24)27-11-17(25)20-9-15-7-8-16(26-15)13-3-5-14(19)6-4-13/h3-8,12H,9-11H2,1-2H3,(H,20,25). The normalized spacial score (nSPS) is 11.1. The summed E-state index contributed by atoms with van der Waals surface area (Å²) in [6, 6.07) is 11.1. The molecule has 0 aliphatic heterocycles. The third kappa shape index (κ3) is 5.58. The van der Waals surface area contributed by atoms with E-state index in [1.165, 1.54) is 11.8 Å². The summed E-state index contributed by atoms with van der Waals surface area (Å²) in [5, 5.41) is 15.7. The van der Waals surface area contributed by atoms with Crippen LogP contribution in [0, 0.1) is 5.92 Å². The van der Waals surface area contributed by atoms with Crippen LogP contribution in [0.1, 0.15) is 19.6 Å². The molecule has 0 spiro atoms. The zero-order valence-corrected chi connectivity index (χ0v) is 16.6. The molecule has 2 aromatic heterocycles. The molecule has 9 heteroatoms. The highest BCUT2D eigenvalue weighted by atomic mass is 35.5. The Morgan fingerprint density at radius 3 is 2.78 bits per heavy atom. The first-order valence-corrected chi connectivity index (χ1v) is 9.88. The van der Waals surface area contributed by atoms with Crippen LogP contribution in [0.4, 0.5) is 0 Å². The first-order chi connectivity index (χ1) is 13.0. The third-order valence-corrected chi connectivity index (χ3v) is 4.83. The van der Waals surface area contributed by atoms with Crippen molar-refractivity contribution in [1.82, 2.24) is 25.5 Å². The van der Waals surface area contributed by atoms with E-state index in [0.29, 0.717) is 28.4 Å². The Bertz CT molecular complexity index is 891. The summed E-state index contributed by atoms with van der Waals surface area (Å²) in [6.07, 6.45) is 0. The number of hydrogen-bond donors (Lipinski definition) is 1. The van der Waals surface area contributed by atoms with Crippen molar-refractivity contribution >= 4 is 29.3 Å². The second-order valence-electron chi connectivity index (χ2n) is 6.38. The molecule has 142 valence electrons. The Hall–Kier alpha value is -2.32. The quantitative estimate of drug-likeness (QED) is 0.575. The van der Waals surface area contributed by atoms with E-state index < -0.39 is 0 Å². The van der Waals surface area contributed by atoms with Gasteiger partial charge in [-0.2, -0.15) is 0 Å². The lowest BCUT2D eigenvalue weighted by Crippen LogP contribution is -2.24. The van der Waals surface area contributed by atoms with Crippen molar-refractivity contribution in [2.75, 3.05) is 5.75 Å². The first-order valence-electron chi connectivity index (χ1n) is 8.51. The maximum Gasteiger partial charge on any atom is 0.230 e. The van der Waals surface area contributed by atoms with E-state index >= 15 is 0 Å². The zero-order valence-electron chi connectivity index (χ0n) is 15.1. The van der Waals surface area contributed by atoms with E-state index in [1.807, 2.05) is 36.4 Å². The molecule has 3 rings (SSSR count). The number of halogens is 1. The molecule has 1 amide bonds. The summed E-state index contributed by atoms with van der Waals surface area (Å²) in [6.45, 7) is 5.22. The fourth-order valence-corrected chi connectivity index (χ4v) is 3.21. The average Bonchev–Trinajstić information content (AvgIpc) is 3.28. The number of nitrogens with zero attached hydrogens (tertiary/aromatic N) is 4. The lowest BCUT2D eigenvalue weighted by molar-refractivity contribution is -0.118. The molecule has 0 saturated carbocycles. The number of carbonyl (C=O) groups excluding carboxylic acids is 1. The minimum Gasteiger partial charge on any atom is -0.459 e. The molecule has 0 unspecified atom stereocenters. The number of rotatable bonds is 8. The molecule has 0 bridgehead atoms. The largest absolute Gasteiger partial charge is 0.459 e. The highest BCUT2D eigenvalue weighted by Crippen LogP contribution is 2.23. The molecule has 0 aliphatic rings. The van der Waals surface area contributed by atoms with Gasteiger partial charge in [0.25, 0.3) is 0 Å². The lowest BCUT2D eigenvalue weighted by Gasteiger charge is -2.06. The summed E-state index contributed by atoms with van der Waals surface area (Å²) in [5.74, 6) is 1.98. The minimum absolute atomic E-state index is 0.108. The van der Waals surface area contributed by atoms with Gasteiger partial charge in [0.15, 0.2) is 0 Å². The van der Waals surface area contributed by atoms with Crippen molar-refractivity contribution in [1.29, 1.82) is 0 Å². The van der Waals surface area contributed by atoms with Crippen molar-refractivity contribution in [3.63, 3.8) is 0 Å².